The highest BCUT2D eigenvalue weighted by molar-refractivity contribution is 6.07. The highest BCUT2D eigenvalue weighted by Gasteiger charge is 2.33. The molecule has 0 aliphatic carbocycles. The Kier molecular flexibility index (Phi) is 4.81. The monoisotopic (exact) mass is 365 g/mol. The molecule has 6 heteroatoms. The van der Waals surface area contributed by atoms with Crippen LogP contribution in [0.15, 0.2) is 48.5 Å². The van der Waals surface area contributed by atoms with Gasteiger partial charge in [-0.25, -0.2) is 4.79 Å². The highest BCUT2D eigenvalue weighted by Crippen LogP contribution is 2.32. The molecule has 0 radical (unpaired) electrons. The molecular weight excluding hydrogens is 342 g/mol. The summed E-state index contributed by atoms with van der Waals surface area (Å²) >= 11 is 0. The summed E-state index contributed by atoms with van der Waals surface area (Å²) in [6, 6.07) is 15.5. The fourth-order valence-corrected chi connectivity index (χ4v) is 3.99. The molecule has 1 unspecified atom stereocenters. The van der Waals surface area contributed by atoms with Crippen LogP contribution in [-0.4, -0.2) is 43.1 Å². The van der Waals surface area contributed by atoms with E-state index in [0.29, 0.717) is 23.8 Å². The van der Waals surface area contributed by atoms with E-state index in [-0.39, 0.29) is 5.91 Å². The van der Waals surface area contributed by atoms with Crippen molar-refractivity contribution in [3.63, 3.8) is 0 Å². The van der Waals surface area contributed by atoms with Crippen LogP contribution in [0.5, 0.6) is 0 Å². The minimum absolute atomic E-state index is 0.0512. The number of amides is 2. The summed E-state index contributed by atoms with van der Waals surface area (Å²) in [6.07, 6.45) is 1.73. The second-order valence-electron chi connectivity index (χ2n) is 7.01. The van der Waals surface area contributed by atoms with Crippen molar-refractivity contribution in [2.24, 2.45) is 0 Å². The van der Waals surface area contributed by atoms with Gasteiger partial charge in [0.05, 0.1) is 7.11 Å². The molecule has 2 heterocycles. The van der Waals surface area contributed by atoms with Crippen molar-refractivity contribution in [3.8, 4) is 0 Å². The maximum Gasteiger partial charge on any atom is 0.411 e. The molecule has 1 atom stereocenters. The Morgan fingerprint density at radius 1 is 1.15 bits per heavy atom. The SMILES string of the molecule is COC(=O)Nc1cccc(C(=O)N2CC3CCCN3Cc3ccccc32)c1. The number of nitrogens with zero attached hydrogens (tertiary/aromatic N) is 2. The minimum atomic E-state index is -0.554. The third-order valence-corrected chi connectivity index (χ3v) is 5.33. The van der Waals surface area contributed by atoms with Crippen molar-refractivity contribution in [2.75, 3.05) is 30.4 Å². The van der Waals surface area contributed by atoms with Crippen molar-refractivity contribution in [1.82, 2.24) is 4.90 Å². The molecule has 0 bridgehead atoms. The predicted molar refractivity (Wildman–Crippen MR) is 104 cm³/mol. The zero-order chi connectivity index (χ0) is 18.8. The number of methoxy groups -OCH3 is 1. The standard InChI is InChI=1S/C21H23N3O3/c1-27-21(26)22-17-8-4-7-15(12-17)20(25)24-14-18-9-5-11-23(18)13-16-6-2-3-10-19(16)24/h2-4,6-8,10,12,18H,5,9,11,13-14H2,1H3,(H,22,26). The lowest BCUT2D eigenvalue weighted by atomic mass is 10.1. The van der Waals surface area contributed by atoms with E-state index in [9.17, 15) is 9.59 Å². The Balaban J connectivity index is 1.66. The smallest absolute Gasteiger partial charge is 0.411 e. The number of carbonyl (C=O) groups excluding carboxylic acids is 2. The molecule has 1 fully saturated rings. The lowest BCUT2D eigenvalue weighted by Crippen LogP contribution is -2.40. The normalized spacial score (nSPS) is 19.0. The third kappa shape index (κ3) is 3.53. The van der Waals surface area contributed by atoms with Crippen molar-refractivity contribution in [3.05, 3.63) is 59.7 Å². The third-order valence-electron chi connectivity index (χ3n) is 5.33. The van der Waals surface area contributed by atoms with Crippen LogP contribution < -0.4 is 10.2 Å². The Labute approximate surface area is 158 Å². The first-order valence-corrected chi connectivity index (χ1v) is 9.24. The Hall–Kier alpha value is -2.86. The minimum Gasteiger partial charge on any atom is -0.453 e. The number of hydrogen-bond donors (Lipinski definition) is 1. The largest absolute Gasteiger partial charge is 0.453 e. The van der Waals surface area contributed by atoms with Gasteiger partial charge in [0.1, 0.15) is 0 Å². The number of fused-ring (bicyclic) bond motifs is 2. The molecule has 1 N–H and O–H groups in total. The second kappa shape index (κ2) is 7.40. The van der Waals surface area contributed by atoms with Gasteiger partial charge < -0.3 is 9.64 Å². The summed E-state index contributed by atoms with van der Waals surface area (Å²) in [5.41, 5.74) is 3.24. The Bertz CT molecular complexity index is 867. The van der Waals surface area contributed by atoms with Crippen LogP contribution in [0.25, 0.3) is 0 Å². The molecule has 2 aliphatic heterocycles. The van der Waals surface area contributed by atoms with Crippen LogP contribution in [-0.2, 0) is 11.3 Å². The van der Waals surface area contributed by atoms with Gasteiger partial charge in [0, 0.05) is 36.1 Å². The number of ether oxygens (including phenoxy) is 1. The molecule has 140 valence electrons. The Morgan fingerprint density at radius 2 is 2.00 bits per heavy atom. The van der Waals surface area contributed by atoms with Crippen LogP contribution in [0.4, 0.5) is 16.2 Å². The van der Waals surface area contributed by atoms with E-state index in [4.69, 9.17) is 0 Å². The van der Waals surface area contributed by atoms with E-state index >= 15 is 0 Å². The number of anilines is 2. The van der Waals surface area contributed by atoms with Gasteiger partial charge in [-0.3, -0.25) is 15.0 Å². The number of nitrogens with one attached hydrogen (secondary N) is 1. The second-order valence-corrected chi connectivity index (χ2v) is 7.01. The van der Waals surface area contributed by atoms with Gasteiger partial charge >= 0.3 is 6.09 Å². The summed E-state index contributed by atoms with van der Waals surface area (Å²) in [5.74, 6) is -0.0512. The molecule has 6 nitrogen and oxygen atoms in total. The van der Waals surface area contributed by atoms with E-state index in [0.717, 1.165) is 25.2 Å². The average Bonchev–Trinajstić information content (AvgIpc) is 3.06. The van der Waals surface area contributed by atoms with Crippen LogP contribution in [0.2, 0.25) is 0 Å². The van der Waals surface area contributed by atoms with Crippen LogP contribution in [0, 0.1) is 0 Å². The van der Waals surface area contributed by atoms with Gasteiger partial charge in [-0.15, -0.1) is 0 Å². The van der Waals surface area contributed by atoms with Gasteiger partial charge in [0.2, 0.25) is 0 Å². The van der Waals surface area contributed by atoms with Crippen molar-refractivity contribution in [2.45, 2.75) is 25.4 Å². The zero-order valence-electron chi connectivity index (χ0n) is 15.4. The van der Waals surface area contributed by atoms with E-state index in [1.807, 2.05) is 23.1 Å². The van der Waals surface area contributed by atoms with Gasteiger partial charge in [-0.1, -0.05) is 24.3 Å². The lowest BCUT2D eigenvalue weighted by molar-refractivity contribution is 0.0981. The summed E-state index contributed by atoms with van der Waals surface area (Å²) in [7, 11) is 1.31. The van der Waals surface area contributed by atoms with Crippen LogP contribution in [0.1, 0.15) is 28.8 Å². The molecule has 2 aromatic rings. The van der Waals surface area contributed by atoms with E-state index in [1.165, 1.54) is 19.1 Å². The fraction of sp³-hybridized carbons (Fsp3) is 0.333. The molecule has 1 saturated heterocycles. The first kappa shape index (κ1) is 17.5. The molecule has 0 aromatic heterocycles. The molecule has 2 amide bonds. The molecule has 27 heavy (non-hydrogen) atoms. The fourth-order valence-electron chi connectivity index (χ4n) is 3.99. The van der Waals surface area contributed by atoms with E-state index in [2.05, 4.69) is 21.0 Å². The summed E-state index contributed by atoms with van der Waals surface area (Å²) in [5, 5.41) is 2.62. The van der Waals surface area contributed by atoms with E-state index < -0.39 is 6.09 Å². The maximum atomic E-state index is 13.4. The van der Waals surface area contributed by atoms with Crippen molar-refractivity contribution >= 4 is 23.4 Å². The number of hydrogen-bond acceptors (Lipinski definition) is 4. The summed E-state index contributed by atoms with van der Waals surface area (Å²) < 4.78 is 4.63. The molecule has 4 rings (SSSR count). The van der Waals surface area contributed by atoms with Crippen LogP contribution in [0.3, 0.4) is 0 Å². The van der Waals surface area contributed by atoms with Crippen molar-refractivity contribution in [1.29, 1.82) is 0 Å². The Morgan fingerprint density at radius 3 is 2.85 bits per heavy atom. The average molecular weight is 365 g/mol. The van der Waals surface area contributed by atoms with Gasteiger partial charge in [0.25, 0.3) is 5.91 Å². The molecule has 0 spiro atoms. The summed E-state index contributed by atoms with van der Waals surface area (Å²) in [6.45, 7) is 2.65. The van der Waals surface area contributed by atoms with Gasteiger partial charge in [0.15, 0.2) is 0 Å². The predicted octanol–water partition coefficient (Wildman–Crippen LogP) is 3.49. The van der Waals surface area contributed by atoms with Gasteiger partial charge in [-0.2, -0.15) is 0 Å². The molecular formula is C21H23N3O3. The van der Waals surface area contributed by atoms with Crippen LogP contribution >= 0.6 is 0 Å². The molecule has 0 saturated carbocycles. The summed E-state index contributed by atoms with van der Waals surface area (Å²) in [4.78, 5) is 29.2. The van der Waals surface area contributed by atoms with Gasteiger partial charge in [-0.05, 0) is 49.2 Å². The molecule has 2 aliphatic rings. The number of benzene rings is 2. The zero-order valence-corrected chi connectivity index (χ0v) is 15.4. The lowest BCUT2D eigenvalue weighted by Gasteiger charge is -2.26. The first-order chi connectivity index (χ1) is 13.2. The topological polar surface area (TPSA) is 61.9 Å². The number of carbonyl (C=O) groups is 2. The highest BCUT2D eigenvalue weighted by atomic mass is 16.5. The molecule has 2 aromatic carbocycles. The van der Waals surface area contributed by atoms with Crippen molar-refractivity contribution < 1.29 is 14.3 Å². The number of rotatable bonds is 2. The number of para-hydroxylation sites is 1. The van der Waals surface area contributed by atoms with E-state index in [1.54, 1.807) is 24.3 Å². The first-order valence-electron chi connectivity index (χ1n) is 9.24. The quantitative estimate of drug-likeness (QED) is 0.885. The maximum absolute atomic E-state index is 13.4.